The highest BCUT2D eigenvalue weighted by molar-refractivity contribution is 6.33. The van der Waals surface area contributed by atoms with Crippen LogP contribution in [0.25, 0.3) is 0 Å². The second kappa shape index (κ2) is 5.17. The fourth-order valence-corrected chi connectivity index (χ4v) is 0.568. The minimum Gasteiger partial charge on any atom is -0.359 e. The van der Waals surface area contributed by atoms with E-state index in [1.54, 1.807) is 0 Å². The second-order valence-corrected chi connectivity index (χ2v) is 2.60. The van der Waals surface area contributed by atoms with Crippen LogP contribution in [0.3, 0.4) is 0 Å². The predicted octanol–water partition coefficient (Wildman–Crippen LogP) is 1.17. The van der Waals surface area contributed by atoms with Gasteiger partial charge in [0.25, 0.3) is 0 Å². The maximum Gasteiger partial charge on any atom is 0.203 e. The molecule has 0 aromatic carbocycles. The van der Waals surface area contributed by atoms with Gasteiger partial charge >= 0.3 is 0 Å². The molecule has 0 aliphatic rings. The highest BCUT2D eigenvalue weighted by Crippen LogP contribution is 1.92. The molecular weight excluding hydrogens is 96.9 g/mol. The summed E-state index contributed by atoms with van der Waals surface area (Å²) in [7, 11) is 1.16. The average molecular weight is 113 g/mol. The van der Waals surface area contributed by atoms with Crippen molar-refractivity contribution in [2.75, 3.05) is 6.54 Å². The van der Waals surface area contributed by atoms with Gasteiger partial charge in [0.05, 0.1) is 0 Å². The van der Waals surface area contributed by atoms with Crippen molar-refractivity contribution in [3.8, 4) is 0 Å². The minimum absolute atomic E-state index is 0.793. The Morgan fingerprint density at radius 1 is 1.50 bits per heavy atom. The van der Waals surface area contributed by atoms with Gasteiger partial charge in [-0.1, -0.05) is 26.6 Å². The quantitative estimate of drug-likeness (QED) is 0.426. The molecule has 0 bridgehead atoms. The Morgan fingerprint density at radius 3 is 2.50 bits per heavy atom. The molecule has 0 rings (SSSR count). The Balaban J connectivity index is 2.72. The molecular formula is C6H16BN. The van der Waals surface area contributed by atoms with E-state index >= 15 is 0 Å². The third-order valence-electron chi connectivity index (χ3n) is 0.979. The third-order valence-corrected chi connectivity index (χ3v) is 0.979. The van der Waals surface area contributed by atoms with Crippen molar-refractivity contribution >= 4 is 7.41 Å². The van der Waals surface area contributed by atoms with Crippen molar-refractivity contribution < 1.29 is 0 Å². The van der Waals surface area contributed by atoms with Gasteiger partial charge in [-0.3, -0.25) is 0 Å². The summed E-state index contributed by atoms with van der Waals surface area (Å²) in [5.74, 6) is 0.793. The zero-order valence-corrected chi connectivity index (χ0v) is 6.20. The highest BCUT2D eigenvalue weighted by atomic mass is 14.7. The molecule has 1 N–H and O–H groups in total. The van der Waals surface area contributed by atoms with E-state index in [1.807, 2.05) is 0 Å². The highest BCUT2D eigenvalue weighted by Gasteiger charge is 1.92. The summed E-state index contributed by atoms with van der Waals surface area (Å²) in [4.78, 5) is 0. The first-order chi connectivity index (χ1) is 3.77. The van der Waals surface area contributed by atoms with Gasteiger partial charge in [0.1, 0.15) is 0 Å². The van der Waals surface area contributed by atoms with E-state index in [9.17, 15) is 0 Å². The van der Waals surface area contributed by atoms with E-state index in [4.69, 9.17) is 0 Å². The normalized spacial score (nSPS) is 10.0. The zero-order valence-electron chi connectivity index (χ0n) is 6.20. The summed E-state index contributed by atoms with van der Waals surface area (Å²) in [5.41, 5.74) is 0. The molecule has 0 spiro atoms. The van der Waals surface area contributed by atoms with Gasteiger partial charge in [-0.25, -0.2) is 0 Å². The van der Waals surface area contributed by atoms with Crippen LogP contribution in [0.4, 0.5) is 0 Å². The van der Waals surface area contributed by atoms with Gasteiger partial charge in [-0.05, 0) is 13.0 Å². The third kappa shape index (κ3) is 6.02. The first-order valence-electron chi connectivity index (χ1n) is 3.48. The van der Waals surface area contributed by atoms with E-state index in [0.29, 0.717) is 0 Å². The van der Waals surface area contributed by atoms with Crippen LogP contribution in [-0.4, -0.2) is 14.0 Å². The summed E-state index contributed by atoms with van der Waals surface area (Å²) >= 11 is 0. The summed E-state index contributed by atoms with van der Waals surface area (Å²) in [6, 6.07) is 0. The number of rotatable bonds is 4. The summed E-state index contributed by atoms with van der Waals surface area (Å²) < 4.78 is 0. The van der Waals surface area contributed by atoms with Gasteiger partial charge in [-0.2, -0.15) is 0 Å². The van der Waals surface area contributed by atoms with Crippen molar-refractivity contribution in [1.82, 2.24) is 5.23 Å². The molecule has 0 saturated carbocycles. The lowest BCUT2D eigenvalue weighted by Gasteiger charge is -2.01. The molecule has 0 heterocycles. The SMILES string of the molecule is CCCNBC(C)C. The first-order valence-corrected chi connectivity index (χ1v) is 3.48. The molecule has 0 fully saturated rings. The van der Waals surface area contributed by atoms with E-state index in [-0.39, 0.29) is 0 Å². The van der Waals surface area contributed by atoms with Gasteiger partial charge in [0.2, 0.25) is 7.41 Å². The van der Waals surface area contributed by atoms with Crippen LogP contribution >= 0.6 is 0 Å². The Labute approximate surface area is 53.1 Å². The van der Waals surface area contributed by atoms with Crippen LogP contribution in [0, 0.1) is 0 Å². The Hall–Kier alpha value is 0.0249. The summed E-state index contributed by atoms with van der Waals surface area (Å²) in [5, 5.41) is 3.33. The molecule has 8 heavy (non-hydrogen) atoms. The predicted molar refractivity (Wildman–Crippen MR) is 40.5 cm³/mol. The molecule has 0 radical (unpaired) electrons. The average Bonchev–Trinajstić information content (AvgIpc) is 1.66. The van der Waals surface area contributed by atoms with Gasteiger partial charge < -0.3 is 5.23 Å². The summed E-state index contributed by atoms with van der Waals surface area (Å²) in [6.45, 7) is 7.80. The largest absolute Gasteiger partial charge is 0.359 e. The van der Waals surface area contributed by atoms with Gasteiger partial charge in [-0.15, -0.1) is 0 Å². The number of nitrogens with one attached hydrogen (secondary N) is 1. The first kappa shape index (κ1) is 8.02. The lowest BCUT2D eigenvalue weighted by Crippen LogP contribution is -2.21. The van der Waals surface area contributed by atoms with Crippen LogP contribution < -0.4 is 5.23 Å². The Bertz CT molecular complexity index is 45.8. The van der Waals surface area contributed by atoms with Gasteiger partial charge in [0.15, 0.2) is 0 Å². The fourth-order valence-electron chi connectivity index (χ4n) is 0.568. The van der Waals surface area contributed by atoms with Crippen molar-refractivity contribution in [2.45, 2.75) is 33.0 Å². The topological polar surface area (TPSA) is 12.0 Å². The minimum atomic E-state index is 0.793. The molecule has 48 valence electrons. The van der Waals surface area contributed by atoms with E-state index < -0.39 is 0 Å². The van der Waals surface area contributed by atoms with Gasteiger partial charge in [0, 0.05) is 0 Å². The van der Waals surface area contributed by atoms with Crippen LogP contribution in [0.2, 0.25) is 5.82 Å². The van der Waals surface area contributed by atoms with Crippen molar-refractivity contribution in [1.29, 1.82) is 0 Å². The van der Waals surface area contributed by atoms with Crippen LogP contribution in [-0.2, 0) is 0 Å². The molecule has 2 heteroatoms. The lowest BCUT2D eigenvalue weighted by molar-refractivity contribution is 0.843. The molecule has 0 saturated heterocycles. The van der Waals surface area contributed by atoms with Crippen LogP contribution in [0.5, 0.6) is 0 Å². The smallest absolute Gasteiger partial charge is 0.203 e. The molecule has 0 atom stereocenters. The maximum absolute atomic E-state index is 3.33. The van der Waals surface area contributed by atoms with Crippen molar-refractivity contribution in [3.63, 3.8) is 0 Å². The monoisotopic (exact) mass is 113 g/mol. The molecule has 0 aliphatic heterocycles. The van der Waals surface area contributed by atoms with E-state index in [1.165, 1.54) is 6.42 Å². The van der Waals surface area contributed by atoms with Crippen molar-refractivity contribution in [2.24, 2.45) is 0 Å². The molecule has 0 aromatic heterocycles. The molecule has 1 nitrogen and oxygen atoms in total. The number of hydrogen-bond acceptors (Lipinski definition) is 1. The zero-order chi connectivity index (χ0) is 6.41. The fraction of sp³-hybridized carbons (Fsp3) is 1.00. The Kier molecular flexibility index (Phi) is 5.18. The second-order valence-electron chi connectivity index (χ2n) is 2.60. The van der Waals surface area contributed by atoms with Crippen LogP contribution in [0.15, 0.2) is 0 Å². The molecule has 0 amide bonds. The van der Waals surface area contributed by atoms with E-state index in [2.05, 4.69) is 26.0 Å². The van der Waals surface area contributed by atoms with E-state index in [0.717, 1.165) is 19.8 Å². The molecule has 0 unspecified atom stereocenters. The van der Waals surface area contributed by atoms with Crippen LogP contribution in [0.1, 0.15) is 27.2 Å². The summed E-state index contributed by atoms with van der Waals surface area (Å²) in [6.07, 6.45) is 1.24. The Morgan fingerprint density at radius 2 is 2.12 bits per heavy atom. The standard InChI is InChI=1S/C6H16BN/c1-4-5-8-7-6(2)3/h6-8H,4-5H2,1-3H3. The maximum atomic E-state index is 3.33. The van der Waals surface area contributed by atoms with Crippen molar-refractivity contribution in [3.05, 3.63) is 0 Å². The molecule has 0 aliphatic carbocycles. The number of hydrogen-bond donors (Lipinski definition) is 1. The molecule has 0 aromatic rings. The lowest BCUT2D eigenvalue weighted by atomic mass is 9.78.